The molecule has 0 N–H and O–H groups in total. The van der Waals surface area contributed by atoms with Crippen molar-refractivity contribution < 1.29 is 23.5 Å². The third-order valence-corrected chi connectivity index (χ3v) is 9.66. The predicted octanol–water partition coefficient (Wildman–Crippen LogP) is 4.74. The van der Waals surface area contributed by atoms with Gasteiger partial charge in [-0.15, -0.1) is 0 Å². The maximum atomic E-state index is 12.2. The summed E-state index contributed by atoms with van der Waals surface area (Å²) in [6.07, 6.45) is -0.447. The van der Waals surface area contributed by atoms with Gasteiger partial charge in [0.25, 0.3) is 0 Å². The minimum absolute atomic E-state index is 0.0515. The zero-order chi connectivity index (χ0) is 22.3. The lowest BCUT2D eigenvalue weighted by Crippen LogP contribution is -2.43. The molecule has 1 aromatic carbocycles. The van der Waals surface area contributed by atoms with E-state index in [1.165, 1.54) is 0 Å². The molecule has 0 atom stereocenters. The minimum Gasteiger partial charge on any atom is -0.544 e. The summed E-state index contributed by atoms with van der Waals surface area (Å²) in [5, 5.41) is 9.99. The third kappa shape index (κ3) is 6.60. The van der Waals surface area contributed by atoms with Crippen LogP contribution in [0.2, 0.25) is 18.1 Å². The van der Waals surface area contributed by atoms with E-state index in [9.17, 15) is 14.9 Å². The van der Waals surface area contributed by atoms with E-state index in [-0.39, 0.29) is 31.1 Å². The number of carbonyl (C=O) groups is 2. The molecule has 0 radical (unpaired) electrons. The summed E-state index contributed by atoms with van der Waals surface area (Å²) in [5.41, 5.74) is -0.794. The van der Waals surface area contributed by atoms with E-state index < -0.39 is 25.7 Å². The van der Waals surface area contributed by atoms with Crippen molar-refractivity contribution >= 4 is 20.3 Å². The number of nitriles is 1. The molecule has 1 rings (SSSR count). The van der Waals surface area contributed by atoms with Gasteiger partial charge in [-0.2, -0.15) is 5.26 Å². The Balaban J connectivity index is 3.23. The monoisotopic (exact) mass is 419 g/mol. The van der Waals surface area contributed by atoms with Gasteiger partial charge in [0, 0.05) is 0 Å². The number of rotatable bonds is 9. The van der Waals surface area contributed by atoms with Crippen molar-refractivity contribution in [1.29, 1.82) is 5.26 Å². The predicted molar refractivity (Wildman–Crippen MR) is 114 cm³/mol. The molecule has 0 fully saturated rings. The molecular weight excluding hydrogens is 386 g/mol. The molecule has 0 spiro atoms. The molecule has 29 heavy (non-hydrogen) atoms. The van der Waals surface area contributed by atoms with Crippen molar-refractivity contribution in [1.82, 2.24) is 0 Å². The quantitative estimate of drug-likeness (QED) is 0.424. The highest BCUT2D eigenvalue weighted by atomic mass is 28.4. The van der Waals surface area contributed by atoms with Crippen molar-refractivity contribution in [2.45, 2.75) is 71.0 Å². The highest BCUT2D eigenvalue weighted by Gasteiger charge is 2.40. The topological polar surface area (TPSA) is 85.6 Å². The Labute approximate surface area is 175 Å². The summed E-state index contributed by atoms with van der Waals surface area (Å²) in [7, 11) is -2.00. The van der Waals surface area contributed by atoms with Gasteiger partial charge >= 0.3 is 11.9 Å². The number of hydrogen-bond donors (Lipinski definition) is 0. The van der Waals surface area contributed by atoms with Crippen LogP contribution in [0.3, 0.4) is 0 Å². The van der Waals surface area contributed by atoms with E-state index in [1.54, 1.807) is 38.1 Å². The van der Waals surface area contributed by atoms with Crippen LogP contribution in [0.4, 0.5) is 0 Å². The Bertz CT molecular complexity index is 724. The van der Waals surface area contributed by atoms with Crippen molar-refractivity contribution in [3.05, 3.63) is 29.8 Å². The van der Waals surface area contributed by atoms with Crippen LogP contribution in [0.1, 0.15) is 53.0 Å². The fourth-order valence-electron chi connectivity index (χ4n) is 2.62. The molecule has 0 aliphatic heterocycles. The minimum atomic E-state index is -2.00. The molecule has 0 aromatic heterocycles. The summed E-state index contributed by atoms with van der Waals surface area (Å²) in [6, 6.07) is 9.23. The molecule has 1 aromatic rings. The summed E-state index contributed by atoms with van der Waals surface area (Å²) in [6.45, 7) is 14.6. The second-order valence-corrected chi connectivity index (χ2v) is 13.3. The van der Waals surface area contributed by atoms with E-state index in [1.807, 2.05) is 0 Å². The van der Waals surface area contributed by atoms with Crippen LogP contribution in [0.25, 0.3) is 0 Å². The summed E-state index contributed by atoms with van der Waals surface area (Å²) in [4.78, 5) is 24.3. The second kappa shape index (κ2) is 9.93. The first-order valence-electron chi connectivity index (χ1n) is 9.93. The van der Waals surface area contributed by atoms with E-state index in [0.717, 1.165) is 0 Å². The average Bonchev–Trinajstić information content (AvgIpc) is 2.60. The molecule has 0 heterocycles. The van der Waals surface area contributed by atoms with Gasteiger partial charge in [-0.25, -0.2) is 0 Å². The lowest BCUT2D eigenvalue weighted by molar-refractivity contribution is -0.146. The second-order valence-electron chi connectivity index (χ2n) is 8.54. The van der Waals surface area contributed by atoms with Crippen LogP contribution in [0.5, 0.6) is 5.75 Å². The van der Waals surface area contributed by atoms with Gasteiger partial charge in [-0.1, -0.05) is 32.9 Å². The average molecular weight is 420 g/mol. The number of hydrogen-bond acceptors (Lipinski definition) is 6. The maximum absolute atomic E-state index is 12.2. The zero-order valence-electron chi connectivity index (χ0n) is 18.6. The van der Waals surface area contributed by atoms with E-state index in [0.29, 0.717) is 11.3 Å². The highest BCUT2D eigenvalue weighted by Crippen LogP contribution is 2.38. The molecular formula is C22H33NO5Si. The first-order chi connectivity index (χ1) is 13.4. The Morgan fingerprint density at radius 3 is 1.76 bits per heavy atom. The first kappa shape index (κ1) is 24.7. The van der Waals surface area contributed by atoms with Crippen LogP contribution in [0, 0.1) is 11.3 Å². The standard InChI is InChI=1S/C22H33NO5Si/c1-8-26-19(24)14-22(16-23,15-20(25)27-9-2)17-10-12-18(13-11-17)28-29(6,7)21(3,4)5/h10-13H,8-9,14-15H2,1-7H3. The lowest BCUT2D eigenvalue weighted by atomic mass is 9.76. The highest BCUT2D eigenvalue weighted by molar-refractivity contribution is 6.74. The molecule has 0 saturated carbocycles. The summed E-state index contributed by atoms with van der Waals surface area (Å²) in [5.74, 6) is -0.348. The fraction of sp³-hybridized carbons (Fsp3) is 0.591. The molecule has 0 aliphatic carbocycles. The molecule has 0 unspecified atom stereocenters. The van der Waals surface area contributed by atoms with Gasteiger partial charge in [-0.05, 0) is 49.7 Å². The van der Waals surface area contributed by atoms with Crippen LogP contribution >= 0.6 is 0 Å². The van der Waals surface area contributed by atoms with Crippen molar-refractivity contribution in [3.63, 3.8) is 0 Å². The smallest absolute Gasteiger partial charge is 0.307 e. The number of benzene rings is 1. The van der Waals surface area contributed by atoms with E-state index >= 15 is 0 Å². The molecule has 7 heteroatoms. The molecule has 0 aliphatic rings. The van der Waals surface area contributed by atoms with Gasteiger partial charge in [0.1, 0.15) is 11.2 Å². The van der Waals surface area contributed by atoms with Crippen LogP contribution in [-0.2, 0) is 24.5 Å². The molecule has 0 bridgehead atoms. The van der Waals surface area contributed by atoms with Gasteiger partial charge in [0.05, 0.1) is 32.1 Å². The number of esters is 2. The molecule has 0 saturated heterocycles. The SMILES string of the molecule is CCOC(=O)CC(C#N)(CC(=O)OCC)c1ccc(O[Si](C)(C)C(C)(C)C)cc1. The Morgan fingerprint density at radius 1 is 0.966 bits per heavy atom. The Hall–Kier alpha value is -2.33. The lowest BCUT2D eigenvalue weighted by Gasteiger charge is -2.36. The van der Waals surface area contributed by atoms with Gasteiger partial charge < -0.3 is 13.9 Å². The zero-order valence-corrected chi connectivity index (χ0v) is 19.6. The van der Waals surface area contributed by atoms with Crippen LogP contribution < -0.4 is 4.43 Å². The van der Waals surface area contributed by atoms with Crippen LogP contribution in [0.15, 0.2) is 24.3 Å². The normalized spacial score (nSPS) is 12.1. The number of carbonyl (C=O) groups excluding carboxylic acids is 2. The van der Waals surface area contributed by atoms with Crippen molar-refractivity contribution in [2.75, 3.05) is 13.2 Å². The van der Waals surface area contributed by atoms with Crippen LogP contribution in [-0.4, -0.2) is 33.5 Å². The largest absolute Gasteiger partial charge is 0.544 e. The van der Waals surface area contributed by atoms with Crippen molar-refractivity contribution in [3.8, 4) is 11.8 Å². The van der Waals surface area contributed by atoms with Gasteiger partial charge in [0.15, 0.2) is 0 Å². The molecule has 0 amide bonds. The van der Waals surface area contributed by atoms with Gasteiger partial charge in [0.2, 0.25) is 8.32 Å². The fourth-order valence-corrected chi connectivity index (χ4v) is 3.65. The summed E-state index contributed by atoms with van der Waals surface area (Å²) >= 11 is 0. The van der Waals surface area contributed by atoms with Gasteiger partial charge in [-0.3, -0.25) is 9.59 Å². The summed E-state index contributed by atoms with van der Waals surface area (Å²) < 4.78 is 16.3. The first-order valence-corrected chi connectivity index (χ1v) is 12.8. The molecule has 6 nitrogen and oxygen atoms in total. The van der Waals surface area contributed by atoms with E-state index in [4.69, 9.17) is 13.9 Å². The Morgan fingerprint density at radius 2 is 1.41 bits per heavy atom. The molecule has 160 valence electrons. The third-order valence-electron chi connectivity index (χ3n) is 5.30. The Kier molecular flexibility index (Phi) is 8.46. The van der Waals surface area contributed by atoms with E-state index in [2.05, 4.69) is 39.9 Å². The number of nitrogens with zero attached hydrogens (tertiary/aromatic N) is 1. The van der Waals surface area contributed by atoms with Crippen molar-refractivity contribution in [2.24, 2.45) is 0 Å². The maximum Gasteiger partial charge on any atom is 0.307 e. The number of ether oxygens (including phenoxy) is 2.